The molecule has 1 unspecified atom stereocenters. The van der Waals surface area contributed by atoms with Crippen LogP contribution in [0.2, 0.25) is 0 Å². The van der Waals surface area contributed by atoms with E-state index in [1.165, 1.54) is 31.0 Å². The third kappa shape index (κ3) is 8.01. The van der Waals surface area contributed by atoms with Crippen molar-refractivity contribution in [2.45, 2.75) is 39.5 Å². The number of benzene rings is 1. The average molecular weight is 244 g/mol. The summed E-state index contributed by atoms with van der Waals surface area (Å²) in [6.07, 6.45) is 5.14. The van der Waals surface area contributed by atoms with E-state index >= 15 is 0 Å². The normalized spacial score (nSPS) is 12.6. The summed E-state index contributed by atoms with van der Waals surface area (Å²) in [7, 11) is 1.00. The second-order valence-electron chi connectivity index (χ2n) is 4.14. The van der Waals surface area contributed by atoms with E-state index in [1.54, 1.807) is 0 Å². The van der Waals surface area contributed by atoms with Crippen LogP contribution < -0.4 is 24.2 Å². The van der Waals surface area contributed by atoms with E-state index in [-0.39, 0.29) is 18.9 Å². The second-order valence-corrected chi connectivity index (χ2v) is 5.10. The Morgan fingerprint density at radius 3 is 2.47 bits per heavy atom. The standard InChI is InChI=1S/C14H22OP.Li/c1-3-5-9-13(4-2)12-15-16-14-10-7-6-8-11-14;/h6-8,10-11,13H,3-5,9,12H2,1-2H3;/q-1;+1. The van der Waals surface area contributed by atoms with Crippen LogP contribution in [0.5, 0.6) is 0 Å². The summed E-state index contributed by atoms with van der Waals surface area (Å²) in [4.78, 5) is 0. The van der Waals surface area contributed by atoms with Gasteiger partial charge < -0.3 is 13.3 Å². The van der Waals surface area contributed by atoms with Gasteiger partial charge in [-0.05, 0) is 12.3 Å². The van der Waals surface area contributed by atoms with Crippen LogP contribution in [-0.4, -0.2) is 6.61 Å². The van der Waals surface area contributed by atoms with Gasteiger partial charge in [0.1, 0.15) is 0 Å². The van der Waals surface area contributed by atoms with E-state index < -0.39 is 0 Å². The van der Waals surface area contributed by atoms with E-state index in [4.69, 9.17) is 4.52 Å². The largest absolute Gasteiger partial charge is 1.00 e. The molecule has 0 N–H and O–H groups in total. The molecular weight excluding hydrogens is 222 g/mol. The van der Waals surface area contributed by atoms with E-state index in [2.05, 4.69) is 38.1 Å². The van der Waals surface area contributed by atoms with Crippen molar-refractivity contribution in [1.82, 2.24) is 0 Å². The van der Waals surface area contributed by atoms with Gasteiger partial charge in [-0.15, -0.1) is 0 Å². The van der Waals surface area contributed by atoms with Crippen molar-refractivity contribution < 1.29 is 23.4 Å². The molecule has 0 saturated heterocycles. The predicted octanol–water partition coefficient (Wildman–Crippen LogP) is 1.41. The summed E-state index contributed by atoms with van der Waals surface area (Å²) in [5, 5.41) is 1.24. The first-order valence-electron chi connectivity index (χ1n) is 6.24. The molecule has 0 saturated carbocycles. The summed E-state index contributed by atoms with van der Waals surface area (Å²) in [6, 6.07) is 10.4. The minimum atomic E-state index is 0. The SMILES string of the molecule is CCCCC(CC)CO[P-]c1ccccc1.[Li+]. The summed E-state index contributed by atoms with van der Waals surface area (Å²) < 4.78 is 5.74. The van der Waals surface area contributed by atoms with Gasteiger partial charge in [-0.1, -0.05) is 63.4 Å². The third-order valence-corrected chi connectivity index (χ3v) is 3.57. The third-order valence-electron chi connectivity index (χ3n) is 2.78. The molecule has 1 aromatic carbocycles. The van der Waals surface area contributed by atoms with Crippen molar-refractivity contribution in [3.05, 3.63) is 30.3 Å². The topological polar surface area (TPSA) is 9.23 Å². The molecule has 0 spiro atoms. The summed E-state index contributed by atoms with van der Waals surface area (Å²) >= 11 is 0. The van der Waals surface area contributed by atoms with E-state index in [1.807, 2.05) is 6.07 Å². The van der Waals surface area contributed by atoms with Crippen molar-refractivity contribution in [2.24, 2.45) is 5.92 Å². The molecule has 0 amide bonds. The molecule has 17 heavy (non-hydrogen) atoms. The number of hydrogen-bond donors (Lipinski definition) is 0. The maximum Gasteiger partial charge on any atom is 1.00 e. The maximum atomic E-state index is 5.74. The van der Waals surface area contributed by atoms with E-state index in [9.17, 15) is 0 Å². The van der Waals surface area contributed by atoms with Crippen molar-refractivity contribution >= 4 is 14.1 Å². The monoisotopic (exact) mass is 244 g/mol. The fourth-order valence-electron chi connectivity index (χ4n) is 1.60. The molecule has 1 atom stereocenters. The van der Waals surface area contributed by atoms with Crippen molar-refractivity contribution in [3.63, 3.8) is 0 Å². The van der Waals surface area contributed by atoms with Crippen LogP contribution in [0.15, 0.2) is 30.3 Å². The fraction of sp³-hybridized carbons (Fsp3) is 0.571. The molecule has 0 heterocycles. The van der Waals surface area contributed by atoms with Gasteiger partial charge >= 0.3 is 18.9 Å². The minimum absolute atomic E-state index is 0. The molecule has 3 heteroatoms. The Bertz CT molecular complexity index is 266. The van der Waals surface area contributed by atoms with Crippen molar-refractivity contribution in [1.29, 1.82) is 0 Å². The number of hydrogen-bond acceptors (Lipinski definition) is 1. The van der Waals surface area contributed by atoms with Crippen LogP contribution >= 0.6 is 8.81 Å². The van der Waals surface area contributed by atoms with Crippen LogP contribution in [0.1, 0.15) is 39.5 Å². The Morgan fingerprint density at radius 1 is 1.18 bits per heavy atom. The van der Waals surface area contributed by atoms with Crippen LogP contribution in [0.3, 0.4) is 0 Å². The second kappa shape index (κ2) is 11.3. The van der Waals surface area contributed by atoms with Gasteiger partial charge in [0.2, 0.25) is 0 Å². The van der Waals surface area contributed by atoms with Gasteiger partial charge in [-0.3, -0.25) is 0 Å². The zero-order valence-electron chi connectivity index (χ0n) is 11.4. The fourth-order valence-corrected chi connectivity index (χ4v) is 2.33. The van der Waals surface area contributed by atoms with E-state index in [0.29, 0.717) is 0 Å². The van der Waals surface area contributed by atoms with Crippen LogP contribution in [0.4, 0.5) is 0 Å². The van der Waals surface area contributed by atoms with Crippen molar-refractivity contribution in [3.8, 4) is 0 Å². The summed E-state index contributed by atoms with van der Waals surface area (Å²) in [5.74, 6) is 0.733. The Balaban J connectivity index is 0.00000256. The molecule has 0 aliphatic carbocycles. The van der Waals surface area contributed by atoms with Gasteiger partial charge in [0.25, 0.3) is 0 Å². The molecule has 1 aromatic rings. The Hall–Kier alpha value is 0.207. The van der Waals surface area contributed by atoms with Crippen LogP contribution in [-0.2, 0) is 4.52 Å². The molecule has 0 bridgehead atoms. The predicted molar refractivity (Wildman–Crippen MR) is 72.3 cm³/mol. The number of rotatable bonds is 8. The van der Waals surface area contributed by atoms with E-state index in [0.717, 1.165) is 21.3 Å². The van der Waals surface area contributed by atoms with Crippen LogP contribution in [0.25, 0.3) is 0 Å². The number of unbranched alkanes of at least 4 members (excludes halogenated alkanes) is 1. The maximum absolute atomic E-state index is 5.74. The molecule has 0 aromatic heterocycles. The molecule has 90 valence electrons. The van der Waals surface area contributed by atoms with Gasteiger partial charge in [-0.25, -0.2) is 0 Å². The average Bonchev–Trinajstić information content (AvgIpc) is 2.35. The Labute approximate surface area is 120 Å². The van der Waals surface area contributed by atoms with Crippen LogP contribution in [0, 0.1) is 5.92 Å². The van der Waals surface area contributed by atoms with Gasteiger partial charge in [0, 0.05) is 6.61 Å². The minimum Gasteiger partial charge on any atom is -0.553 e. The van der Waals surface area contributed by atoms with Gasteiger partial charge in [-0.2, -0.15) is 5.30 Å². The summed E-state index contributed by atoms with van der Waals surface area (Å²) in [5.41, 5.74) is 0. The molecule has 0 radical (unpaired) electrons. The van der Waals surface area contributed by atoms with Gasteiger partial charge in [0.05, 0.1) is 0 Å². The Kier molecular flexibility index (Phi) is 11.4. The summed E-state index contributed by atoms with van der Waals surface area (Å²) in [6.45, 7) is 5.39. The quantitative estimate of drug-likeness (QED) is 0.496. The molecule has 0 aliphatic heterocycles. The first kappa shape index (κ1) is 17.2. The molecular formula is C14H22LiOP. The molecule has 0 fully saturated rings. The molecule has 1 rings (SSSR count). The Morgan fingerprint density at radius 2 is 1.88 bits per heavy atom. The van der Waals surface area contributed by atoms with Gasteiger partial charge in [0.15, 0.2) is 0 Å². The molecule has 0 aliphatic rings. The zero-order chi connectivity index (χ0) is 11.6. The smallest absolute Gasteiger partial charge is 0.553 e. The van der Waals surface area contributed by atoms with Crippen molar-refractivity contribution in [2.75, 3.05) is 6.61 Å². The zero-order valence-corrected chi connectivity index (χ0v) is 12.2. The first-order chi connectivity index (χ1) is 7.86. The molecule has 1 nitrogen and oxygen atoms in total. The first-order valence-corrected chi connectivity index (χ1v) is 7.06.